The lowest BCUT2D eigenvalue weighted by Gasteiger charge is -2.20. The molecule has 0 aliphatic carbocycles. The fourth-order valence-corrected chi connectivity index (χ4v) is 1.99. The van der Waals surface area contributed by atoms with Crippen LogP contribution >= 0.6 is 0 Å². The molecule has 0 aliphatic rings. The first-order chi connectivity index (χ1) is 10.7. The van der Waals surface area contributed by atoms with Crippen molar-refractivity contribution in [1.82, 2.24) is 4.57 Å². The topological polar surface area (TPSA) is 57.5 Å². The van der Waals surface area contributed by atoms with Crippen molar-refractivity contribution in [3.8, 4) is 11.1 Å². The summed E-state index contributed by atoms with van der Waals surface area (Å²) in [6, 6.07) is 7.23. The van der Waals surface area contributed by atoms with E-state index in [4.69, 9.17) is 9.47 Å². The fourth-order valence-electron chi connectivity index (χ4n) is 1.99. The lowest BCUT2D eigenvalue weighted by molar-refractivity contribution is 0.0483. The fraction of sp³-hybridized carbons (Fsp3) is 0.294. The van der Waals surface area contributed by atoms with Gasteiger partial charge in [-0.15, -0.1) is 0 Å². The molecule has 6 heteroatoms. The Morgan fingerprint density at radius 3 is 2.22 bits per heavy atom. The number of benzene rings is 1. The number of aromatic nitrogens is 1. The van der Waals surface area contributed by atoms with Crippen molar-refractivity contribution in [3.05, 3.63) is 48.0 Å². The van der Waals surface area contributed by atoms with Crippen LogP contribution in [0.5, 0.6) is 0 Å². The van der Waals surface area contributed by atoms with E-state index in [0.717, 1.165) is 4.57 Å². The summed E-state index contributed by atoms with van der Waals surface area (Å²) in [7, 11) is 1.23. The van der Waals surface area contributed by atoms with E-state index in [1.807, 2.05) is 0 Å². The van der Waals surface area contributed by atoms with E-state index in [2.05, 4.69) is 0 Å². The Labute approximate surface area is 133 Å². The molecule has 5 nitrogen and oxygen atoms in total. The van der Waals surface area contributed by atoms with E-state index in [0.29, 0.717) is 11.1 Å². The molecule has 0 fully saturated rings. The number of halogens is 1. The molecule has 2 aromatic rings. The minimum atomic E-state index is -0.704. The largest absolute Gasteiger partial charge is 0.464 e. The summed E-state index contributed by atoms with van der Waals surface area (Å²) < 4.78 is 24.1. The minimum Gasteiger partial charge on any atom is -0.464 e. The lowest BCUT2D eigenvalue weighted by atomic mass is 10.1. The molecule has 23 heavy (non-hydrogen) atoms. The van der Waals surface area contributed by atoms with Gasteiger partial charge in [0.05, 0.1) is 7.11 Å². The lowest BCUT2D eigenvalue weighted by Crippen LogP contribution is -2.28. The summed E-state index contributed by atoms with van der Waals surface area (Å²) >= 11 is 0. The Hall–Kier alpha value is -2.63. The smallest absolute Gasteiger partial charge is 0.419 e. The SMILES string of the molecule is COC(=O)c1cc(-c2ccc(F)cc2)cn1C(=O)OC(C)(C)C. The second-order valence-corrected chi connectivity index (χ2v) is 5.96. The molecule has 0 unspecified atom stereocenters. The number of ether oxygens (including phenoxy) is 2. The normalized spacial score (nSPS) is 11.2. The summed E-state index contributed by atoms with van der Waals surface area (Å²) in [5.41, 5.74) is 0.585. The molecule has 0 aliphatic heterocycles. The molecule has 0 N–H and O–H groups in total. The van der Waals surface area contributed by atoms with Gasteiger partial charge in [-0.25, -0.2) is 18.5 Å². The van der Waals surface area contributed by atoms with Crippen molar-refractivity contribution in [1.29, 1.82) is 0 Å². The quantitative estimate of drug-likeness (QED) is 0.789. The Kier molecular flexibility index (Phi) is 4.54. The number of methoxy groups -OCH3 is 1. The van der Waals surface area contributed by atoms with Gasteiger partial charge >= 0.3 is 12.1 Å². The van der Waals surface area contributed by atoms with Crippen LogP contribution in [-0.2, 0) is 9.47 Å². The molecule has 1 aromatic heterocycles. The monoisotopic (exact) mass is 319 g/mol. The van der Waals surface area contributed by atoms with Crippen LogP contribution in [0.4, 0.5) is 9.18 Å². The maximum Gasteiger partial charge on any atom is 0.419 e. The summed E-state index contributed by atoms with van der Waals surface area (Å²) in [4.78, 5) is 24.2. The molecule has 1 aromatic carbocycles. The van der Waals surface area contributed by atoms with Gasteiger partial charge in [-0.3, -0.25) is 0 Å². The predicted molar refractivity (Wildman–Crippen MR) is 82.8 cm³/mol. The maximum atomic E-state index is 13.0. The van der Waals surface area contributed by atoms with E-state index in [1.54, 1.807) is 32.9 Å². The maximum absolute atomic E-state index is 13.0. The third kappa shape index (κ3) is 3.97. The summed E-state index contributed by atoms with van der Waals surface area (Å²) in [6.45, 7) is 5.19. The highest BCUT2D eigenvalue weighted by molar-refractivity contribution is 5.94. The van der Waals surface area contributed by atoms with Gasteiger partial charge in [0.25, 0.3) is 0 Å². The van der Waals surface area contributed by atoms with Gasteiger partial charge in [0.15, 0.2) is 0 Å². The van der Waals surface area contributed by atoms with E-state index in [1.165, 1.54) is 31.5 Å². The summed E-state index contributed by atoms with van der Waals surface area (Å²) in [6.07, 6.45) is 0.777. The van der Waals surface area contributed by atoms with Gasteiger partial charge < -0.3 is 9.47 Å². The first-order valence-corrected chi connectivity index (χ1v) is 7.01. The van der Waals surface area contributed by atoms with E-state index in [9.17, 15) is 14.0 Å². The zero-order valence-corrected chi connectivity index (χ0v) is 13.4. The second-order valence-electron chi connectivity index (χ2n) is 5.96. The van der Waals surface area contributed by atoms with Crippen LogP contribution in [0.25, 0.3) is 11.1 Å². The Morgan fingerprint density at radius 2 is 1.70 bits per heavy atom. The van der Waals surface area contributed by atoms with Gasteiger partial charge in [0.1, 0.15) is 17.1 Å². The highest BCUT2D eigenvalue weighted by atomic mass is 19.1. The van der Waals surface area contributed by atoms with Crippen LogP contribution in [0.2, 0.25) is 0 Å². The third-order valence-electron chi connectivity index (χ3n) is 2.98. The van der Waals surface area contributed by atoms with Crippen molar-refractivity contribution in [2.75, 3.05) is 7.11 Å². The average Bonchev–Trinajstić information content (AvgIpc) is 2.90. The molecule has 1 heterocycles. The molecule has 0 atom stereocenters. The minimum absolute atomic E-state index is 0.0427. The molecular formula is C17H18FNO4. The summed E-state index contributed by atoms with van der Waals surface area (Å²) in [5.74, 6) is -1.03. The highest BCUT2D eigenvalue weighted by Gasteiger charge is 2.24. The van der Waals surface area contributed by atoms with Gasteiger partial charge in [-0.2, -0.15) is 0 Å². The first kappa shape index (κ1) is 16.7. The van der Waals surface area contributed by atoms with Crippen LogP contribution < -0.4 is 0 Å². The molecule has 122 valence electrons. The standard InChI is InChI=1S/C17H18FNO4/c1-17(2,3)23-16(21)19-10-12(9-14(19)15(20)22-4)11-5-7-13(18)8-6-11/h5-10H,1-4H3. The van der Waals surface area contributed by atoms with E-state index >= 15 is 0 Å². The van der Waals surface area contributed by atoms with Crippen molar-refractivity contribution >= 4 is 12.1 Å². The van der Waals surface area contributed by atoms with Crippen molar-refractivity contribution in [2.45, 2.75) is 26.4 Å². The van der Waals surface area contributed by atoms with Gasteiger partial charge in [-0.05, 0) is 44.5 Å². The van der Waals surface area contributed by atoms with Crippen LogP contribution in [0.15, 0.2) is 36.5 Å². The number of carbonyl (C=O) groups is 2. The molecular weight excluding hydrogens is 301 g/mol. The van der Waals surface area contributed by atoms with Crippen molar-refractivity contribution in [2.24, 2.45) is 0 Å². The Bertz CT molecular complexity index is 726. The molecule has 0 radical (unpaired) electrons. The zero-order valence-electron chi connectivity index (χ0n) is 13.4. The number of esters is 1. The molecule has 0 saturated heterocycles. The van der Waals surface area contributed by atoms with Crippen LogP contribution in [0, 0.1) is 5.82 Å². The Morgan fingerprint density at radius 1 is 1.09 bits per heavy atom. The van der Waals surface area contributed by atoms with E-state index in [-0.39, 0.29) is 11.5 Å². The Balaban J connectivity index is 2.46. The van der Waals surface area contributed by atoms with E-state index < -0.39 is 17.7 Å². The molecule has 0 spiro atoms. The summed E-state index contributed by atoms with van der Waals surface area (Å²) in [5, 5.41) is 0. The number of carbonyl (C=O) groups excluding carboxylic acids is 2. The van der Waals surface area contributed by atoms with Crippen molar-refractivity contribution in [3.63, 3.8) is 0 Å². The highest BCUT2D eigenvalue weighted by Crippen LogP contribution is 2.24. The van der Waals surface area contributed by atoms with Crippen molar-refractivity contribution < 1.29 is 23.5 Å². The van der Waals surface area contributed by atoms with Gasteiger partial charge in [0.2, 0.25) is 0 Å². The predicted octanol–water partition coefficient (Wildman–Crippen LogP) is 3.86. The second kappa shape index (κ2) is 6.24. The molecule has 2 rings (SSSR count). The zero-order chi connectivity index (χ0) is 17.2. The van der Waals surface area contributed by atoms with Crippen LogP contribution in [0.1, 0.15) is 31.3 Å². The van der Waals surface area contributed by atoms with Crippen LogP contribution in [-0.4, -0.2) is 29.3 Å². The number of hydrogen-bond acceptors (Lipinski definition) is 4. The average molecular weight is 319 g/mol. The van der Waals surface area contributed by atoms with Gasteiger partial charge in [0, 0.05) is 11.8 Å². The molecule has 0 bridgehead atoms. The third-order valence-corrected chi connectivity index (χ3v) is 2.98. The van der Waals surface area contributed by atoms with Gasteiger partial charge in [-0.1, -0.05) is 12.1 Å². The number of rotatable bonds is 2. The molecule has 0 saturated carbocycles. The first-order valence-electron chi connectivity index (χ1n) is 7.01. The van der Waals surface area contributed by atoms with Crippen LogP contribution in [0.3, 0.4) is 0 Å². The number of hydrogen-bond donors (Lipinski definition) is 0. The molecule has 0 amide bonds. The number of nitrogens with zero attached hydrogens (tertiary/aromatic N) is 1.